The van der Waals surface area contributed by atoms with Gasteiger partial charge in [0.25, 0.3) is 0 Å². The molecule has 1 aromatic rings. The van der Waals surface area contributed by atoms with Crippen LogP contribution in [0.15, 0.2) is 24.3 Å². The maximum absolute atomic E-state index is 12.8. The van der Waals surface area contributed by atoms with Crippen LogP contribution in [0.5, 0.6) is 0 Å². The number of benzene rings is 1. The van der Waals surface area contributed by atoms with E-state index in [-0.39, 0.29) is 29.5 Å². The molecule has 5 heteroatoms. The lowest BCUT2D eigenvalue weighted by atomic mass is 10.2. The summed E-state index contributed by atoms with van der Waals surface area (Å²) in [4.78, 5) is 24.1. The SMILES string of the molecule is O=C(NCc1ccc(F)cc1)C1CC1C(=O)NC1CCCC1. The first-order chi connectivity index (χ1) is 10.6. The third-order valence-electron chi connectivity index (χ3n) is 4.55. The first-order valence-corrected chi connectivity index (χ1v) is 7.96. The van der Waals surface area contributed by atoms with Crippen LogP contribution in [-0.4, -0.2) is 17.9 Å². The molecule has 0 aliphatic heterocycles. The minimum atomic E-state index is -0.291. The van der Waals surface area contributed by atoms with E-state index in [4.69, 9.17) is 0 Å². The first kappa shape index (κ1) is 15.0. The maximum Gasteiger partial charge on any atom is 0.224 e. The van der Waals surface area contributed by atoms with Gasteiger partial charge in [0.2, 0.25) is 11.8 Å². The predicted octanol–water partition coefficient (Wildman–Crippen LogP) is 2.14. The minimum Gasteiger partial charge on any atom is -0.353 e. The second-order valence-electron chi connectivity index (χ2n) is 6.28. The molecule has 2 unspecified atom stereocenters. The van der Waals surface area contributed by atoms with Gasteiger partial charge >= 0.3 is 0 Å². The van der Waals surface area contributed by atoms with Crippen LogP contribution in [0.25, 0.3) is 0 Å². The Morgan fingerprint density at radius 3 is 2.36 bits per heavy atom. The van der Waals surface area contributed by atoms with Crippen LogP contribution >= 0.6 is 0 Å². The first-order valence-electron chi connectivity index (χ1n) is 7.96. The van der Waals surface area contributed by atoms with E-state index in [1.165, 1.54) is 25.0 Å². The smallest absolute Gasteiger partial charge is 0.224 e. The van der Waals surface area contributed by atoms with E-state index in [1.807, 2.05) is 0 Å². The third kappa shape index (κ3) is 3.64. The summed E-state index contributed by atoms with van der Waals surface area (Å²) in [6.45, 7) is 0.368. The van der Waals surface area contributed by atoms with E-state index < -0.39 is 0 Å². The summed E-state index contributed by atoms with van der Waals surface area (Å²) in [5.41, 5.74) is 0.849. The average Bonchev–Trinajstić information content (AvgIpc) is 3.17. The lowest BCUT2D eigenvalue weighted by molar-refractivity contribution is -0.127. The summed E-state index contributed by atoms with van der Waals surface area (Å²) in [5, 5.41) is 5.86. The van der Waals surface area contributed by atoms with Crippen LogP contribution in [0.1, 0.15) is 37.7 Å². The Bertz CT molecular complexity index is 552. The van der Waals surface area contributed by atoms with Crippen molar-refractivity contribution in [3.05, 3.63) is 35.6 Å². The van der Waals surface area contributed by atoms with Crippen LogP contribution in [0.3, 0.4) is 0 Å². The summed E-state index contributed by atoms with van der Waals surface area (Å²) in [6.07, 6.45) is 5.10. The second-order valence-corrected chi connectivity index (χ2v) is 6.28. The van der Waals surface area contributed by atoms with E-state index in [9.17, 15) is 14.0 Å². The van der Waals surface area contributed by atoms with Crippen LogP contribution in [0, 0.1) is 17.7 Å². The molecule has 3 rings (SSSR count). The number of hydrogen-bond donors (Lipinski definition) is 2. The van der Waals surface area contributed by atoms with Gasteiger partial charge in [0.15, 0.2) is 0 Å². The second kappa shape index (κ2) is 6.46. The monoisotopic (exact) mass is 304 g/mol. The highest BCUT2D eigenvalue weighted by atomic mass is 19.1. The average molecular weight is 304 g/mol. The van der Waals surface area contributed by atoms with E-state index in [1.54, 1.807) is 12.1 Å². The van der Waals surface area contributed by atoms with Gasteiger partial charge in [-0.1, -0.05) is 25.0 Å². The summed E-state index contributed by atoms with van der Waals surface area (Å²) < 4.78 is 12.8. The molecule has 2 aliphatic carbocycles. The number of halogens is 1. The molecule has 118 valence electrons. The fraction of sp³-hybridized carbons (Fsp3) is 0.529. The Labute approximate surface area is 129 Å². The van der Waals surface area contributed by atoms with Gasteiger partial charge in [-0.25, -0.2) is 4.39 Å². The van der Waals surface area contributed by atoms with Gasteiger partial charge in [0.1, 0.15) is 5.82 Å². The zero-order valence-corrected chi connectivity index (χ0v) is 12.5. The van der Waals surface area contributed by atoms with Crippen molar-refractivity contribution in [1.29, 1.82) is 0 Å². The Hall–Kier alpha value is -1.91. The van der Waals surface area contributed by atoms with Crippen molar-refractivity contribution >= 4 is 11.8 Å². The van der Waals surface area contributed by atoms with Crippen molar-refractivity contribution in [3.8, 4) is 0 Å². The molecule has 0 bridgehead atoms. The molecule has 0 saturated heterocycles. The number of nitrogens with one attached hydrogen (secondary N) is 2. The van der Waals surface area contributed by atoms with Crippen molar-refractivity contribution < 1.29 is 14.0 Å². The quantitative estimate of drug-likeness (QED) is 0.875. The van der Waals surface area contributed by atoms with Crippen molar-refractivity contribution in [2.75, 3.05) is 0 Å². The van der Waals surface area contributed by atoms with Gasteiger partial charge in [0, 0.05) is 12.6 Å². The van der Waals surface area contributed by atoms with Gasteiger partial charge in [-0.3, -0.25) is 9.59 Å². The predicted molar refractivity (Wildman–Crippen MR) is 80.2 cm³/mol. The fourth-order valence-electron chi connectivity index (χ4n) is 3.08. The van der Waals surface area contributed by atoms with E-state index in [2.05, 4.69) is 10.6 Å². The van der Waals surface area contributed by atoms with Crippen molar-refractivity contribution in [2.24, 2.45) is 11.8 Å². The normalized spacial score (nSPS) is 24.0. The van der Waals surface area contributed by atoms with E-state index >= 15 is 0 Å². The molecule has 2 saturated carbocycles. The highest BCUT2D eigenvalue weighted by molar-refractivity contribution is 5.92. The van der Waals surface area contributed by atoms with Gasteiger partial charge in [0.05, 0.1) is 11.8 Å². The summed E-state index contributed by atoms with van der Waals surface area (Å²) in [6, 6.07) is 6.34. The molecule has 0 aromatic heterocycles. The lowest BCUT2D eigenvalue weighted by Gasteiger charge is -2.11. The van der Waals surface area contributed by atoms with Crippen LogP contribution < -0.4 is 10.6 Å². The topological polar surface area (TPSA) is 58.2 Å². The number of carbonyl (C=O) groups excluding carboxylic acids is 2. The van der Waals surface area contributed by atoms with Gasteiger partial charge in [-0.15, -0.1) is 0 Å². The molecular formula is C17H21FN2O2. The van der Waals surface area contributed by atoms with Gasteiger partial charge in [-0.05, 0) is 37.0 Å². The zero-order chi connectivity index (χ0) is 15.5. The molecule has 2 amide bonds. The van der Waals surface area contributed by atoms with Crippen molar-refractivity contribution in [2.45, 2.75) is 44.7 Å². The van der Waals surface area contributed by atoms with E-state index in [0.29, 0.717) is 19.0 Å². The molecule has 2 fully saturated rings. The molecule has 2 atom stereocenters. The molecule has 0 radical (unpaired) electrons. The van der Waals surface area contributed by atoms with Crippen LogP contribution in [0.2, 0.25) is 0 Å². The Balaban J connectivity index is 1.42. The Kier molecular flexibility index (Phi) is 4.41. The maximum atomic E-state index is 12.8. The van der Waals surface area contributed by atoms with Crippen molar-refractivity contribution in [3.63, 3.8) is 0 Å². The highest BCUT2D eigenvalue weighted by Gasteiger charge is 2.48. The standard InChI is InChI=1S/C17H21FN2O2/c18-12-7-5-11(6-8-12)10-19-16(21)14-9-15(14)17(22)20-13-3-1-2-4-13/h5-8,13-15H,1-4,9-10H2,(H,19,21)(H,20,22). The molecule has 22 heavy (non-hydrogen) atoms. The molecular weight excluding hydrogens is 283 g/mol. The van der Waals surface area contributed by atoms with Crippen LogP contribution in [-0.2, 0) is 16.1 Å². The minimum absolute atomic E-state index is 0.0221. The summed E-state index contributed by atoms with van der Waals surface area (Å²) in [7, 11) is 0. The van der Waals surface area contributed by atoms with Crippen molar-refractivity contribution in [1.82, 2.24) is 10.6 Å². The summed E-state index contributed by atoms with van der Waals surface area (Å²) in [5.74, 6) is -0.735. The zero-order valence-electron chi connectivity index (χ0n) is 12.5. The van der Waals surface area contributed by atoms with Gasteiger partial charge in [-0.2, -0.15) is 0 Å². The molecule has 0 heterocycles. The Morgan fingerprint density at radius 1 is 1.05 bits per heavy atom. The molecule has 0 spiro atoms. The number of rotatable bonds is 5. The number of amides is 2. The summed E-state index contributed by atoms with van der Waals surface area (Å²) >= 11 is 0. The van der Waals surface area contributed by atoms with Crippen LogP contribution in [0.4, 0.5) is 4.39 Å². The molecule has 4 nitrogen and oxygen atoms in total. The number of carbonyl (C=O) groups is 2. The Morgan fingerprint density at radius 2 is 1.68 bits per heavy atom. The fourth-order valence-corrected chi connectivity index (χ4v) is 3.08. The molecule has 2 N–H and O–H groups in total. The van der Waals surface area contributed by atoms with Gasteiger partial charge < -0.3 is 10.6 Å². The number of hydrogen-bond acceptors (Lipinski definition) is 2. The molecule has 2 aliphatic rings. The molecule has 1 aromatic carbocycles. The third-order valence-corrected chi connectivity index (χ3v) is 4.55. The highest BCUT2D eigenvalue weighted by Crippen LogP contribution is 2.39. The lowest BCUT2D eigenvalue weighted by Crippen LogP contribution is -2.35. The largest absolute Gasteiger partial charge is 0.353 e. The van der Waals surface area contributed by atoms with E-state index in [0.717, 1.165) is 18.4 Å².